The fourth-order valence-electron chi connectivity index (χ4n) is 1.59. The van der Waals surface area contributed by atoms with Crippen LogP contribution in [0.1, 0.15) is 18.9 Å². The normalized spacial score (nSPS) is 11.1. The van der Waals surface area contributed by atoms with Crippen LogP contribution in [-0.4, -0.2) is 37.8 Å². The SMILES string of the molecule is CCNCc1cccc(SCCCN(C)C)c1. The summed E-state index contributed by atoms with van der Waals surface area (Å²) in [6, 6.07) is 8.84. The molecule has 96 valence electrons. The van der Waals surface area contributed by atoms with Crippen molar-refractivity contribution >= 4 is 11.8 Å². The molecule has 0 unspecified atom stereocenters. The van der Waals surface area contributed by atoms with E-state index in [1.54, 1.807) is 0 Å². The number of rotatable bonds is 8. The molecule has 0 amide bonds. The second-order valence-electron chi connectivity index (χ2n) is 4.43. The molecule has 1 N–H and O–H groups in total. The molecule has 0 saturated carbocycles. The van der Waals surface area contributed by atoms with Gasteiger partial charge in [-0.25, -0.2) is 0 Å². The van der Waals surface area contributed by atoms with Gasteiger partial charge in [-0.1, -0.05) is 19.1 Å². The van der Waals surface area contributed by atoms with Crippen molar-refractivity contribution in [2.45, 2.75) is 24.8 Å². The van der Waals surface area contributed by atoms with Gasteiger partial charge >= 0.3 is 0 Å². The number of hydrogen-bond donors (Lipinski definition) is 1. The van der Waals surface area contributed by atoms with Crippen LogP contribution in [0.3, 0.4) is 0 Å². The Labute approximate surface area is 110 Å². The molecule has 0 aromatic heterocycles. The second kappa shape index (κ2) is 8.56. The molecule has 1 aromatic carbocycles. The van der Waals surface area contributed by atoms with E-state index in [4.69, 9.17) is 0 Å². The molecule has 0 saturated heterocycles. The van der Waals surface area contributed by atoms with Crippen molar-refractivity contribution in [2.75, 3.05) is 32.9 Å². The molecule has 0 aliphatic heterocycles. The van der Waals surface area contributed by atoms with Gasteiger partial charge in [0.15, 0.2) is 0 Å². The fraction of sp³-hybridized carbons (Fsp3) is 0.571. The Morgan fingerprint density at radius 1 is 1.29 bits per heavy atom. The number of nitrogens with zero attached hydrogens (tertiary/aromatic N) is 1. The quantitative estimate of drug-likeness (QED) is 0.566. The zero-order valence-corrected chi connectivity index (χ0v) is 12.0. The summed E-state index contributed by atoms with van der Waals surface area (Å²) in [6.07, 6.45) is 1.25. The van der Waals surface area contributed by atoms with Crippen molar-refractivity contribution in [3.05, 3.63) is 29.8 Å². The van der Waals surface area contributed by atoms with E-state index in [9.17, 15) is 0 Å². The highest BCUT2D eigenvalue weighted by atomic mass is 32.2. The van der Waals surface area contributed by atoms with Crippen LogP contribution in [0.2, 0.25) is 0 Å². The van der Waals surface area contributed by atoms with E-state index < -0.39 is 0 Å². The maximum Gasteiger partial charge on any atom is 0.0205 e. The lowest BCUT2D eigenvalue weighted by molar-refractivity contribution is 0.410. The maximum atomic E-state index is 3.36. The van der Waals surface area contributed by atoms with Gasteiger partial charge in [0.05, 0.1) is 0 Å². The number of hydrogen-bond acceptors (Lipinski definition) is 3. The topological polar surface area (TPSA) is 15.3 Å². The van der Waals surface area contributed by atoms with Crippen LogP contribution in [0.5, 0.6) is 0 Å². The summed E-state index contributed by atoms with van der Waals surface area (Å²) < 4.78 is 0. The summed E-state index contributed by atoms with van der Waals surface area (Å²) in [6.45, 7) is 5.31. The van der Waals surface area contributed by atoms with Crippen molar-refractivity contribution in [1.82, 2.24) is 10.2 Å². The Bertz CT molecular complexity index is 313. The van der Waals surface area contributed by atoms with Crippen LogP contribution < -0.4 is 5.32 Å². The van der Waals surface area contributed by atoms with Crippen molar-refractivity contribution in [2.24, 2.45) is 0 Å². The van der Waals surface area contributed by atoms with E-state index in [0.717, 1.165) is 13.1 Å². The maximum absolute atomic E-state index is 3.36. The highest BCUT2D eigenvalue weighted by molar-refractivity contribution is 7.99. The second-order valence-corrected chi connectivity index (χ2v) is 5.60. The van der Waals surface area contributed by atoms with Gasteiger partial charge in [-0.05, 0) is 57.1 Å². The summed E-state index contributed by atoms with van der Waals surface area (Å²) >= 11 is 1.96. The Hall–Kier alpha value is -0.510. The minimum Gasteiger partial charge on any atom is -0.313 e. The van der Waals surface area contributed by atoms with Gasteiger partial charge in [0.1, 0.15) is 0 Å². The Kier molecular flexibility index (Phi) is 7.33. The molecule has 1 aromatic rings. The first-order valence-corrected chi connectivity index (χ1v) is 7.28. The predicted octanol–water partition coefficient (Wildman–Crippen LogP) is 2.84. The average molecular weight is 252 g/mol. The van der Waals surface area contributed by atoms with Gasteiger partial charge in [-0.15, -0.1) is 11.8 Å². The summed E-state index contributed by atoms with van der Waals surface area (Å²) in [5.41, 5.74) is 1.38. The summed E-state index contributed by atoms with van der Waals surface area (Å²) in [4.78, 5) is 3.63. The van der Waals surface area contributed by atoms with Crippen LogP contribution in [0.15, 0.2) is 29.2 Å². The van der Waals surface area contributed by atoms with E-state index in [2.05, 4.69) is 55.5 Å². The Morgan fingerprint density at radius 3 is 2.82 bits per heavy atom. The van der Waals surface area contributed by atoms with E-state index >= 15 is 0 Å². The van der Waals surface area contributed by atoms with Gasteiger partial charge in [0.2, 0.25) is 0 Å². The molecule has 0 fully saturated rings. The predicted molar refractivity (Wildman–Crippen MR) is 77.7 cm³/mol. The zero-order chi connectivity index (χ0) is 12.5. The molecule has 0 aliphatic rings. The zero-order valence-electron chi connectivity index (χ0n) is 11.2. The van der Waals surface area contributed by atoms with E-state index in [1.165, 1.54) is 29.2 Å². The Morgan fingerprint density at radius 2 is 2.12 bits per heavy atom. The largest absolute Gasteiger partial charge is 0.313 e. The molecule has 3 heteroatoms. The van der Waals surface area contributed by atoms with Crippen LogP contribution in [0.25, 0.3) is 0 Å². The third kappa shape index (κ3) is 6.71. The standard InChI is InChI=1S/C14H24N2S/c1-4-15-12-13-7-5-8-14(11-13)17-10-6-9-16(2)3/h5,7-8,11,15H,4,6,9-10,12H2,1-3H3. The van der Waals surface area contributed by atoms with Crippen molar-refractivity contribution in [3.63, 3.8) is 0 Å². The third-order valence-electron chi connectivity index (χ3n) is 2.50. The molecule has 0 bridgehead atoms. The Balaban J connectivity index is 2.32. The first-order chi connectivity index (χ1) is 8.22. The molecule has 1 rings (SSSR count). The monoisotopic (exact) mass is 252 g/mol. The molecular formula is C14H24N2S. The fourth-order valence-corrected chi connectivity index (χ4v) is 2.50. The van der Waals surface area contributed by atoms with Gasteiger partial charge in [0, 0.05) is 11.4 Å². The number of benzene rings is 1. The molecule has 0 aliphatic carbocycles. The molecule has 0 heterocycles. The highest BCUT2D eigenvalue weighted by Gasteiger charge is 1.97. The van der Waals surface area contributed by atoms with Crippen molar-refractivity contribution in [3.8, 4) is 0 Å². The lowest BCUT2D eigenvalue weighted by Gasteiger charge is -2.09. The van der Waals surface area contributed by atoms with Gasteiger partial charge in [0.25, 0.3) is 0 Å². The van der Waals surface area contributed by atoms with E-state index in [-0.39, 0.29) is 0 Å². The smallest absolute Gasteiger partial charge is 0.0205 e. The van der Waals surface area contributed by atoms with Gasteiger partial charge in [-0.3, -0.25) is 0 Å². The molecule has 0 radical (unpaired) electrons. The first kappa shape index (κ1) is 14.6. The number of thioether (sulfide) groups is 1. The molecule has 0 atom stereocenters. The average Bonchev–Trinajstić information content (AvgIpc) is 2.32. The third-order valence-corrected chi connectivity index (χ3v) is 3.58. The van der Waals surface area contributed by atoms with Crippen LogP contribution in [0, 0.1) is 0 Å². The molecule has 17 heavy (non-hydrogen) atoms. The van der Waals surface area contributed by atoms with Crippen molar-refractivity contribution < 1.29 is 0 Å². The lowest BCUT2D eigenvalue weighted by atomic mass is 10.2. The van der Waals surface area contributed by atoms with Crippen LogP contribution in [0.4, 0.5) is 0 Å². The lowest BCUT2D eigenvalue weighted by Crippen LogP contribution is -2.13. The minimum absolute atomic E-state index is 0.975. The summed E-state index contributed by atoms with van der Waals surface area (Å²) in [5.74, 6) is 1.20. The van der Waals surface area contributed by atoms with Crippen LogP contribution in [-0.2, 0) is 6.54 Å². The molecule has 0 spiro atoms. The minimum atomic E-state index is 0.975. The molecular weight excluding hydrogens is 228 g/mol. The highest BCUT2D eigenvalue weighted by Crippen LogP contribution is 2.19. The number of nitrogens with one attached hydrogen (secondary N) is 1. The van der Waals surface area contributed by atoms with Gasteiger partial charge < -0.3 is 10.2 Å². The van der Waals surface area contributed by atoms with E-state index in [1.807, 2.05) is 11.8 Å². The molecule has 2 nitrogen and oxygen atoms in total. The van der Waals surface area contributed by atoms with Crippen molar-refractivity contribution in [1.29, 1.82) is 0 Å². The first-order valence-electron chi connectivity index (χ1n) is 6.29. The summed E-state index contributed by atoms with van der Waals surface area (Å²) in [5, 5.41) is 3.36. The van der Waals surface area contributed by atoms with E-state index in [0.29, 0.717) is 0 Å². The van der Waals surface area contributed by atoms with Crippen LogP contribution >= 0.6 is 11.8 Å². The van der Waals surface area contributed by atoms with Gasteiger partial charge in [-0.2, -0.15) is 0 Å². The summed E-state index contributed by atoms with van der Waals surface area (Å²) in [7, 11) is 4.25.